The van der Waals surface area contributed by atoms with Crippen LogP contribution in [0.1, 0.15) is 27.7 Å². The summed E-state index contributed by atoms with van der Waals surface area (Å²) in [4.78, 5) is 35.8. The van der Waals surface area contributed by atoms with E-state index < -0.39 is 28.4 Å². The van der Waals surface area contributed by atoms with E-state index in [9.17, 15) is 24.8 Å². The lowest BCUT2D eigenvalue weighted by Gasteiger charge is -2.42. The van der Waals surface area contributed by atoms with Crippen molar-refractivity contribution in [2.75, 3.05) is 4.90 Å². The van der Waals surface area contributed by atoms with Crippen LogP contribution < -0.4 is 9.64 Å². The Balaban J connectivity index is 2.65. The fraction of sp³-hybridized carbons (Fsp3) is 0.467. The van der Waals surface area contributed by atoms with E-state index in [1.165, 1.54) is 32.0 Å². The monoisotopic (exact) mass is 322 g/mol. The van der Waals surface area contributed by atoms with E-state index in [2.05, 4.69) is 0 Å². The summed E-state index contributed by atoms with van der Waals surface area (Å²) >= 11 is 0. The van der Waals surface area contributed by atoms with Crippen molar-refractivity contribution in [3.8, 4) is 5.75 Å². The van der Waals surface area contributed by atoms with Gasteiger partial charge in [0.15, 0.2) is 11.9 Å². The van der Waals surface area contributed by atoms with Crippen molar-refractivity contribution < 1.29 is 24.4 Å². The Morgan fingerprint density at radius 1 is 1.43 bits per heavy atom. The molecule has 2 rings (SSSR count). The number of hydrogen-bond donors (Lipinski definition) is 1. The smallest absolute Gasteiger partial charge is 0.329 e. The zero-order valence-corrected chi connectivity index (χ0v) is 13.3. The number of benzene rings is 1. The third-order valence-corrected chi connectivity index (χ3v) is 3.80. The first kappa shape index (κ1) is 16.7. The number of carboxylic acids is 1. The summed E-state index contributed by atoms with van der Waals surface area (Å²) in [5.41, 5.74) is -1.49. The predicted octanol–water partition coefficient (Wildman–Crippen LogP) is 2.21. The Bertz CT molecular complexity index is 683. The number of nitro groups is 1. The van der Waals surface area contributed by atoms with Gasteiger partial charge in [0.2, 0.25) is 0 Å². The van der Waals surface area contributed by atoms with E-state index in [1.54, 1.807) is 13.8 Å². The summed E-state index contributed by atoms with van der Waals surface area (Å²) in [6.45, 7) is 6.33. The molecule has 0 radical (unpaired) electrons. The van der Waals surface area contributed by atoms with Crippen LogP contribution in [0.3, 0.4) is 0 Å². The van der Waals surface area contributed by atoms with E-state index in [0.29, 0.717) is 0 Å². The van der Waals surface area contributed by atoms with Crippen LogP contribution in [-0.2, 0) is 9.59 Å². The predicted molar refractivity (Wildman–Crippen MR) is 81.6 cm³/mol. The number of anilines is 1. The van der Waals surface area contributed by atoms with Gasteiger partial charge in [0.05, 0.1) is 16.7 Å². The number of non-ortho nitro benzene ring substituents is 1. The summed E-state index contributed by atoms with van der Waals surface area (Å²) in [6.07, 6.45) is -0.900. The van der Waals surface area contributed by atoms with Crippen molar-refractivity contribution in [3.63, 3.8) is 0 Å². The Hall–Kier alpha value is -2.64. The molecular weight excluding hydrogens is 304 g/mol. The number of rotatable bonds is 4. The molecule has 1 N–H and O–H groups in total. The van der Waals surface area contributed by atoms with Crippen LogP contribution in [0.25, 0.3) is 0 Å². The van der Waals surface area contributed by atoms with Gasteiger partial charge < -0.3 is 9.84 Å². The minimum absolute atomic E-state index is 0.131. The highest BCUT2D eigenvalue weighted by molar-refractivity contribution is 6.06. The zero-order chi connectivity index (χ0) is 17.5. The summed E-state index contributed by atoms with van der Waals surface area (Å²) in [6, 6.07) is 3.77. The first-order valence-electron chi connectivity index (χ1n) is 7.10. The molecule has 0 aromatic heterocycles. The number of ether oxygens (including phenoxy) is 1. The van der Waals surface area contributed by atoms with Gasteiger partial charge >= 0.3 is 5.97 Å². The highest BCUT2D eigenvalue weighted by Gasteiger charge is 2.47. The van der Waals surface area contributed by atoms with Crippen molar-refractivity contribution in [1.29, 1.82) is 0 Å². The first-order chi connectivity index (χ1) is 10.6. The summed E-state index contributed by atoms with van der Waals surface area (Å²) < 4.78 is 5.61. The van der Waals surface area contributed by atoms with E-state index in [-0.39, 0.29) is 23.0 Å². The molecule has 1 amide bonds. The van der Waals surface area contributed by atoms with Crippen LogP contribution >= 0.6 is 0 Å². The molecule has 0 spiro atoms. The third kappa shape index (κ3) is 2.71. The SMILES string of the molecule is CC(C)C1Oc2cc([N+](=O)[O-])ccc2N(C(C)(C)C(=O)O)C1=O. The second-order valence-corrected chi connectivity index (χ2v) is 6.23. The van der Waals surface area contributed by atoms with Gasteiger partial charge in [0.25, 0.3) is 11.6 Å². The van der Waals surface area contributed by atoms with Gasteiger partial charge in [-0.1, -0.05) is 13.8 Å². The molecule has 0 saturated heterocycles. The molecule has 1 aliphatic heterocycles. The molecule has 0 saturated carbocycles. The largest absolute Gasteiger partial charge is 0.480 e. The van der Waals surface area contributed by atoms with E-state index in [1.807, 2.05) is 0 Å². The molecule has 0 bridgehead atoms. The number of carbonyl (C=O) groups excluding carboxylic acids is 1. The van der Waals surface area contributed by atoms with E-state index >= 15 is 0 Å². The standard InChI is InChI=1S/C15H18N2O6/c1-8(2)12-13(18)16(15(3,4)14(19)20)10-6-5-9(17(21)22)7-11(10)23-12/h5-8,12H,1-4H3,(H,19,20). The van der Waals surface area contributed by atoms with Crippen LogP contribution in [0.4, 0.5) is 11.4 Å². The number of hydrogen-bond acceptors (Lipinski definition) is 5. The summed E-state index contributed by atoms with van der Waals surface area (Å²) in [5.74, 6) is -1.75. The maximum Gasteiger partial charge on any atom is 0.329 e. The molecule has 8 nitrogen and oxygen atoms in total. The Labute approximate surface area is 132 Å². The number of amides is 1. The fourth-order valence-electron chi connectivity index (χ4n) is 2.42. The Kier molecular flexibility index (Phi) is 4.02. The van der Waals surface area contributed by atoms with Crippen LogP contribution in [-0.4, -0.2) is 33.5 Å². The number of nitro benzene ring substituents is 1. The van der Waals surface area contributed by atoms with Crippen molar-refractivity contribution in [1.82, 2.24) is 0 Å². The zero-order valence-electron chi connectivity index (χ0n) is 13.3. The van der Waals surface area contributed by atoms with Crippen LogP contribution in [0.5, 0.6) is 5.75 Å². The van der Waals surface area contributed by atoms with Gasteiger partial charge in [0, 0.05) is 6.07 Å². The average Bonchev–Trinajstić information content (AvgIpc) is 2.45. The third-order valence-electron chi connectivity index (χ3n) is 3.80. The van der Waals surface area contributed by atoms with Crippen molar-refractivity contribution >= 4 is 23.3 Å². The molecular formula is C15H18N2O6. The van der Waals surface area contributed by atoms with E-state index in [0.717, 1.165) is 4.90 Å². The second-order valence-electron chi connectivity index (χ2n) is 6.23. The highest BCUT2D eigenvalue weighted by Crippen LogP contribution is 2.41. The lowest BCUT2D eigenvalue weighted by molar-refractivity contribution is -0.384. The van der Waals surface area contributed by atoms with Gasteiger partial charge in [-0.15, -0.1) is 0 Å². The summed E-state index contributed by atoms with van der Waals surface area (Å²) in [7, 11) is 0. The minimum atomic E-state index is -1.51. The maximum absolute atomic E-state index is 12.7. The van der Waals surface area contributed by atoms with Crippen molar-refractivity contribution in [3.05, 3.63) is 28.3 Å². The van der Waals surface area contributed by atoms with Crippen LogP contribution in [0, 0.1) is 16.0 Å². The maximum atomic E-state index is 12.7. The number of fused-ring (bicyclic) bond motifs is 1. The van der Waals surface area contributed by atoms with Crippen LogP contribution in [0.2, 0.25) is 0 Å². The molecule has 1 aliphatic rings. The summed E-state index contributed by atoms with van der Waals surface area (Å²) in [5, 5.41) is 20.4. The second kappa shape index (κ2) is 5.53. The van der Waals surface area contributed by atoms with Gasteiger partial charge in [-0.2, -0.15) is 0 Å². The number of aliphatic carboxylic acids is 1. The molecule has 23 heavy (non-hydrogen) atoms. The van der Waals surface area contributed by atoms with Crippen molar-refractivity contribution in [2.24, 2.45) is 5.92 Å². The molecule has 1 heterocycles. The quantitative estimate of drug-likeness (QED) is 0.672. The highest BCUT2D eigenvalue weighted by atomic mass is 16.6. The van der Waals surface area contributed by atoms with Gasteiger partial charge in [-0.25, -0.2) is 4.79 Å². The lowest BCUT2D eigenvalue weighted by atomic mass is 9.95. The molecule has 8 heteroatoms. The molecule has 1 aromatic rings. The molecule has 1 unspecified atom stereocenters. The lowest BCUT2D eigenvalue weighted by Crippen LogP contribution is -2.60. The molecule has 124 valence electrons. The Morgan fingerprint density at radius 2 is 2.04 bits per heavy atom. The number of carbonyl (C=O) groups is 2. The molecule has 0 fully saturated rings. The minimum Gasteiger partial charge on any atom is -0.480 e. The van der Waals surface area contributed by atoms with E-state index in [4.69, 9.17) is 4.74 Å². The number of nitrogens with zero attached hydrogens (tertiary/aromatic N) is 2. The van der Waals surface area contributed by atoms with Crippen molar-refractivity contribution in [2.45, 2.75) is 39.3 Å². The van der Waals surface area contributed by atoms with Gasteiger partial charge in [-0.3, -0.25) is 19.8 Å². The first-order valence-corrected chi connectivity index (χ1v) is 7.10. The fourth-order valence-corrected chi connectivity index (χ4v) is 2.42. The van der Waals surface area contributed by atoms with Gasteiger partial charge in [-0.05, 0) is 25.8 Å². The number of carboxylic acid groups (broad SMARTS) is 1. The molecule has 1 atom stereocenters. The van der Waals surface area contributed by atoms with Crippen LogP contribution in [0.15, 0.2) is 18.2 Å². The average molecular weight is 322 g/mol. The normalized spacial score (nSPS) is 17.7. The topological polar surface area (TPSA) is 110 Å². The molecule has 0 aliphatic carbocycles. The molecule has 1 aromatic carbocycles. The van der Waals surface area contributed by atoms with Gasteiger partial charge in [0.1, 0.15) is 5.54 Å². The Morgan fingerprint density at radius 3 is 2.52 bits per heavy atom.